The monoisotopic (exact) mass is 827 g/mol. The molecule has 0 amide bonds. The number of unbranched alkanes of at least 4 members (excludes halogenated alkanes) is 13. The lowest BCUT2D eigenvalue weighted by atomic mass is 10.0. The van der Waals surface area contributed by atoms with Crippen molar-refractivity contribution in [2.75, 3.05) is 13.9 Å². The Morgan fingerprint density at radius 2 is 1.19 bits per heavy atom. The van der Waals surface area contributed by atoms with Gasteiger partial charge in [-0.2, -0.15) is 0 Å². The maximum absolute atomic E-state index is 12.8. The van der Waals surface area contributed by atoms with E-state index < -0.39 is 8.32 Å². The number of benzene rings is 2. The fourth-order valence-corrected chi connectivity index (χ4v) is 13.0. The lowest BCUT2D eigenvalue weighted by molar-refractivity contribution is -0.139. The third-order valence-corrected chi connectivity index (χ3v) is 16.6. The molecule has 5 nitrogen and oxygen atoms in total. The highest BCUT2D eigenvalue weighted by Crippen LogP contribution is 2.39. The molecule has 2 aromatic carbocycles. The van der Waals surface area contributed by atoms with Crippen LogP contribution in [0, 0.1) is 0 Å². The molecule has 1 heterocycles. The summed E-state index contributed by atoms with van der Waals surface area (Å²) in [6.07, 6.45) is 40.6. The normalized spacial score (nSPS) is 16.1. The van der Waals surface area contributed by atoms with Gasteiger partial charge in [0.2, 0.25) is 0 Å². The molecule has 6 heteroatoms. The Kier molecular flexibility index (Phi) is 25.6. The minimum absolute atomic E-state index is 0.111. The van der Waals surface area contributed by atoms with E-state index in [0.29, 0.717) is 13.2 Å². The van der Waals surface area contributed by atoms with Crippen molar-refractivity contribution in [3.05, 3.63) is 109 Å². The molecule has 0 fully saturated rings. The van der Waals surface area contributed by atoms with Gasteiger partial charge in [0.25, 0.3) is 8.32 Å². The molecule has 0 aromatic heterocycles. The lowest BCUT2D eigenvalue weighted by Crippen LogP contribution is -2.67. The SMILES string of the molecule is CCCCCCCCCCCC/C=C/CC/C=C/CC[C@@H](C/C=C/CCCC[C@H](CC1=C[C@H](C)OC1=O)O[Si](c1ccccc1)(c1ccccc1)C(C)(C)C)OCOC. The van der Waals surface area contributed by atoms with Gasteiger partial charge in [-0.25, -0.2) is 4.79 Å². The van der Waals surface area contributed by atoms with Gasteiger partial charge in [0.05, 0.1) is 12.2 Å². The summed E-state index contributed by atoms with van der Waals surface area (Å²) < 4.78 is 24.4. The van der Waals surface area contributed by atoms with Gasteiger partial charge in [-0.3, -0.25) is 0 Å². The lowest BCUT2D eigenvalue weighted by Gasteiger charge is -2.45. The van der Waals surface area contributed by atoms with Gasteiger partial charge in [-0.05, 0) is 92.6 Å². The summed E-state index contributed by atoms with van der Waals surface area (Å²) in [7, 11) is -1.10. The smallest absolute Gasteiger partial charge is 0.334 e. The van der Waals surface area contributed by atoms with Crippen molar-refractivity contribution in [1.29, 1.82) is 0 Å². The second kappa shape index (κ2) is 30.1. The Bertz CT molecular complexity index is 1450. The van der Waals surface area contributed by atoms with Gasteiger partial charge >= 0.3 is 5.97 Å². The zero-order valence-electron chi connectivity index (χ0n) is 38.1. The number of carbonyl (C=O) groups excluding carboxylic acids is 1. The molecule has 0 spiro atoms. The van der Waals surface area contributed by atoms with Crippen LogP contribution in [0.3, 0.4) is 0 Å². The molecule has 3 rings (SSSR count). The Morgan fingerprint density at radius 3 is 1.73 bits per heavy atom. The van der Waals surface area contributed by atoms with Crippen molar-refractivity contribution in [3.8, 4) is 0 Å². The second-order valence-corrected chi connectivity index (χ2v) is 21.9. The van der Waals surface area contributed by atoms with Crippen LogP contribution in [0.5, 0.6) is 0 Å². The van der Waals surface area contributed by atoms with E-state index in [1.54, 1.807) is 7.11 Å². The molecule has 0 bridgehead atoms. The van der Waals surface area contributed by atoms with Crippen LogP contribution < -0.4 is 10.4 Å². The molecular weight excluding hydrogens is 745 g/mol. The van der Waals surface area contributed by atoms with Gasteiger partial charge in [0, 0.05) is 19.1 Å². The predicted molar refractivity (Wildman–Crippen MR) is 253 cm³/mol. The van der Waals surface area contributed by atoms with Gasteiger partial charge < -0.3 is 18.6 Å². The number of cyclic esters (lactones) is 1. The zero-order chi connectivity index (χ0) is 42.4. The van der Waals surface area contributed by atoms with Crippen LogP contribution in [0.2, 0.25) is 5.04 Å². The van der Waals surface area contributed by atoms with E-state index in [1.807, 2.05) is 13.0 Å². The summed E-state index contributed by atoms with van der Waals surface area (Å²) in [6, 6.07) is 21.6. The third-order valence-electron chi connectivity index (χ3n) is 11.5. The van der Waals surface area contributed by atoms with E-state index in [9.17, 15) is 4.79 Å². The van der Waals surface area contributed by atoms with Gasteiger partial charge in [0.15, 0.2) is 0 Å². The topological polar surface area (TPSA) is 54.0 Å². The maximum Gasteiger partial charge on any atom is 0.334 e. The van der Waals surface area contributed by atoms with Crippen LogP contribution in [0.25, 0.3) is 0 Å². The maximum atomic E-state index is 12.8. The minimum atomic E-state index is -2.79. The quantitative estimate of drug-likeness (QED) is 0.0236. The van der Waals surface area contributed by atoms with Crippen molar-refractivity contribution in [2.45, 2.75) is 193 Å². The first-order valence-electron chi connectivity index (χ1n) is 23.5. The first kappa shape index (κ1) is 50.3. The average molecular weight is 827 g/mol. The fraction of sp³-hybridized carbons (Fsp3) is 0.604. The van der Waals surface area contributed by atoms with Crippen molar-refractivity contribution in [3.63, 3.8) is 0 Å². The molecule has 0 saturated heterocycles. The van der Waals surface area contributed by atoms with E-state index in [1.165, 1.54) is 81.0 Å². The Morgan fingerprint density at radius 1 is 0.661 bits per heavy atom. The van der Waals surface area contributed by atoms with Gasteiger partial charge in [0.1, 0.15) is 12.9 Å². The number of allylic oxidation sites excluding steroid dienone is 5. The Hall–Kier alpha value is -3.03. The first-order valence-corrected chi connectivity index (χ1v) is 25.4. The zero-order valence-corrected chi connectivity index (χ0v) is 39.1. The molecule has 1 aliphatic heterocycles. The molecule has 0 saturated carbocycles. The van der Waals surface area contributed by atoms with Crippen molar-refractivity contribution in [1.82, 2.24) is 0 Å². The summed E-state index contributed by atoms with van der Waals surface area (Å²) in [5, 5.41) is 2.37. The van der Waals surface area contributed by atoms with Crippen LogP contribution in [0.15, 0.2) is 109 Å². The molecule has 0 unspecified atom stereocenters. The Balaban J connectivity index is 1.44. The van der Waals surface area contributed by atoms with Crippen LogP contribution in [0.1, 0.15) is 169 Å². The number of hydrogen-bond donors (Lipinski definition) is 0. The number of methoxy groups -OCH3 is 1. The van der Waals surface area contributed by atoms with E-state index >= 15 is 0 Å². The number of ether oxygens (including phenoxy) is 3. The van der Waals surface area contributed by atoms with Crippen molar-refractivity contribution < 1.29 is 23.4 Å². The first-order chi connectivity index (χ1) is 28.7. The molecule has 2 aromatic rings. The summed E-state index contributed by atoms with van der Waals surface area (Å²) >= 11 is 0. The molecule has 0 aliphatic carbocycles. The van der Waals surface area contributed by atoms with E-state index in [4.69, 9.17) is 18.6 Å². The standard InChI is InChI=1S/C53H82O5Si/c1-7-8-9-10-11-12-13-14-15-16-17-18-19-20-21-22-24-29-36-48(56-45-55-6)37-30-25-23-26-31-38-49(44-47-43-46(2)57-52(47)54)58-59(53(3,4)5,50-39-32-27-33-40-50)51-41-34-28-35-42-51/h18-19,22,24-25,27-28,30,32-35,39-43,46,48-49H,7-17,20-21,23,26,29,31,36-38,44-45H2,1-6H3/b19-18+,24-22+,30-25+/t46-,48-,49+/m0/s1. The van der Waals surface area contributed by atoms with Crippen molar-refractivity contribution in [2.24, 2.45) is 0 Å². The number of hydrogen-bond acceptors (Lipinski definition) is 5. The fourth-order valence-electron chi connectivity index (χ4n) is 8.30. The molecule has 3 atom stereocenters. The van der Waals surface area contributed by atoms with Crippen molar-refractivity contribution >= 4 is 24.7 Å². The number of carbonyl (C=O) groups is 1. The van der Waals surface area contributed by atoms with Gasteiger partial charge in [-0.1, -0.05) is 189 Å². The molecular formula is C53H82O5Si. The predicted octanol–water partition coefficient (Wildman–Crippen LogP) is 13.7. The Labute approximate surface area is 362 Å². The molecule has 1 aliphatic rings. The van der Waals surface area contributed by atoms with E-state index in [2.05, 4.69) is 125 Å². The van der Waals surface area contributed by atoms with Crippen LogP contribution >= 0.6 is 0 Å². The number of rotatable bonds is 33. The highest BCUT2D eigenvalue weighted by Gasteiger charge is 2.51. The molecule has 328 valence electrons. The highest BCUT2D eigenvalue weighted by atomic mass is 28.4. The van der Waals surface area contributed by atoms with E-state index in [-0.39, 0.29) is 29.3 Å². The second-order valence-electron chi connectivity index (χ2n) is 17.7. The van der Waals surface area contributed by atoms with Crippen LogP contribution in [-0.4, -0.2) is 46.5 Å². The van der Waals surface area contributed by atoms with Crippen LogP contribution in [-0.2, 0) is 23.4 Å². The highest BCUT2D eigenvalue weighted by molar-refractivity contribution is 6.99. The summed E-state index contributed by atoms with van der Waals surface area (Å²) in [5.74, 6) is -0.209. The minimum Gasteiger partial charge on any atom is -0.455 e. The summed E-state index contributed by atoms with van der Waals surface area (Å²) in [6.45, 7) is 11.5. The summed E-state index contributed by atoms with van der Waals surface area (Å²) in [4.78, 5) is 12.8. The molecule has 0 N–H and O–H groups in total. The third kappa shape index (κ3) is 19.5. The molecule has 59 heavy (non-hydrogen) atoms. The molecule has 0 radical (unpaired) electrons. The van der Waals surface area contributed by atoms with Gasteiger partial charge in [-0.15, -0.1) is 0 Å². The summed E-state index contributed by atoms with van der Waals surface area (Å²) in [5.41, 5.74) is 0.740. The number of esters is 1. The average Bonchev–Trinajstić information content (AvgIpc) is 3.55. The van der Waals surface area contributed by atoms with Crippen LogP contribution in [0.4, 0.5) is 0 Å². The largest absolute Gasteiger partial charge is 0.455 e. The van der Waals surface area contributed by atoms with E-state index in [0.717, 1.165) is 63.4 Å².